The number of carbonyl (C=O) groups is 2. The number of esters is 1. The molecular formula is C19H27NO5S2. The molecule has 0 saturated carbocycles. The highest BCUT2D eigenvalue weighted by atomic mass is 32.2. The monoisotopic (exact) mass is 413 g/mol. The molecular weight excluding hydrogens is 386 g/mol. The molecule has 0 spiro atoms. The minimum absolute atomic E-state index is 0.0108. The van der Waals surface area contributed by atoms with Crippen molar-refractivity contribution in [3.63, 3.8) is 0 Å². The fraction of sp³-hybridized carbons (Fsp3) is 0.684. The van der Waals surface area contributed by atoms with Crippen LogP contribution < -0.4 is 0 Å². The molecule has 3 rings (SSSR count). The first-order chi connectivity index (χ1) is 12.7. The molecule has 3 atom stereocenters. The molecule has 1 aromatic rings. The van der Waals surface area contributed by atoms with E-state index in [1.54, 1.807) is 6.92 Å². The average molecular weight is 414 g/mol. The van der Waals surface area contributed by atoms with Crippen molar-refractivity contribution in [1.82, 2.24) is 4.90 Å². The molecule has 0 unspecified atom stereocenters. The summed E-state index contributed by atoms with van der Waals surface area (Å²) in [4.78, 5) is 28.6. The Balaban J connectivity index is 1.64. The van der Waals surface area contributed by atoms with Crippen LogP contribution in [0.5, 0.6) is 0 Å². The third-order valence-corrected chi connectivity index (χ3v) is 8.40. The summed E-state index contributed by atoms with van der Waals surface area (Å²) in [7, 11) is -3.08. The zero-order valence-electron chi connectivity index (χ0n) is 16.1. The SMILES string of the molecule is CCN(C(=O)[C@@H](C)OC(=O)c1cc2c(s1)CC[C@H](C)C2)[C@@H]1CCS(=O)(=O)C1. The molecule has 1 aromatic heterocycles. The number of amides is 1. The van der Waals surface area contributed by atoms with E-state index in [0.717, 1.165) is 19.3 Å². The Morgan fingerprint density at radius 3 is 2.74 bits per heavy atom. The molecule has 1 fully saturated rings. The molecule has 2 aliphatic rings. The third kappa shape index (κ3) is 4.54. The van der Waals surface area contributed by atoms with Gasteiger partial charge in [-0.15, -0.1) is 11.3 Å². The molecule has 8 heteroatoms. The molecule has 150 valence electrons. The highest BCUT2D eigenvalue weighted by molar-refractivity contribution is 7.91. The number of rotatable bonds is 5. The van der Waals surface area contributed by atoms with Crippen molar-refractivity contribution in [2.75, 3.05) is 18.1 Å². The Labute approximate surface area is 164 Å². The maximum absolute atomic E-state index is 12.7. The molecule has 1 amide bonds. The minimum atomic E-state index is -3.08. The standard InChI is InChI=1S/C19H27NO5S2/c1-4-20(15-7-8-27(23,24)11-15)18(21)13(3)25-19(22)17-10-14-9-12(2)5-6-16(14)26-17/h10,12-13,15H,4-9,11H2,1-3H3/t12-,13+,15+/m0/s1. The van der Waals surface area contributed by atoms with Crippen molar-refractivity contribution in [2.45, 2.75) is 58.6 Å². The van der Waals surface area contributed by atoms with E-state index in [0.29, 0.717) is 23.8 Å². The summed E-state index contributed by atoms with van der Waals surface area (Å²) in [6, 6.07) is 1.57. The molecule has 1 saturated heterocycles. The summed E-state index contributed by atoms with van der Waals surface area (Å²) in [5.41, 5.74) is 1.22. The van der Waals surface area contributed by atoms with Gasteiger partial charge in [0.2, 0.25) is 0 Å². The van der Waals surface area contributed by atoms with Crippen LogP contribution in [0, 0.1) is 5.92 Å². The zero-order chi connectivity index (χ0) is 19.8. The second-order valence-electron chi connectivity index (χ2n) is 7.64. The summed E-state index contributed by atoms with van der Waals surface area (Å²) in [5.74, 6) is -0.0872. The van der Waals surface area contributed by atoms with Crippen LogP contribution in [0.3, 0.4) is 0 Å². The Kier molecular flexibility index (Phi) is 5.96. The number of ether oxygens (including phenoxy) is 1. The number of thiophene rings is 1. The Morgan fingerprint density at radius 2 is 2.11 bits per heavy atom. The number of hydrogen-bond acceptors (Lipinski definition) is 6. The van der Waals surface area contributed by atoms with Crippen molar-refractivity contribution in [3.05, 3.63) is 21.4 Å². The zero-order valence-corrected chi connectivity index (χ0v) is 17.7. The first kappa shape index (κ1) is 20.3. The molecule has 0 N–H and O–H groups in total. The predicted octanol–water partition coefficient (Wildman–Crippen LogP) is 2.45. The highest BCUT2D eigenvalue weighted by Gasteiger charge is 2.36. The van der Waals surface area contributed by atoms with Crippen LogP contribution in [0.4, 0.5) is 0 Å². The quantitative estimate of drug-likeness (QED) is 0.693. The van der Waals surface area contributed by atoms with E-state index in [2.05, 4.69) is 6.92 Å². The third-order valence-electron chi connectivity index (χ3n) is 5.43. The molecule has 0 radical (unpaired) electrons. The molecule has 0 bridgehead atoms. The number of likely N-dealkylation sites (N-methyl/N-ethyl adjacent to an activating group) is 1. The molecule has 0 aromatic carbocycles. The highest BCUT2D eigenvalue weighted by Crippen LogP contribution is 2.32. The molecule has 2 heterocycles. The lowest BCUT2D eigenvalue weighted by molar-refractivity contribution is -0.141. The minimum Gasteiger partial charge on any atom is -0.448 e. The Morgan fingerprint density at radius 1 is 1.37 bits per heavy atom. The molecule has 6 nitrogen and oxygen atoms in total. The first-order valence-electron chi connectivity index (χ1n) is 9.53. The van der Waals surface area contributed by atoms with Gasteiger partial charge < -0.3 is 9.64 Å². The van der Waals surface area contributed by atoms with E-state index in [4.69, 9.17) is 4.74 Å². The van der Waals surface area contributed by atoms with E-state index in [-0.39, 0.29) is 23.5 Å². The maximum Gasteiger partial charge on any atom is 0.349 e. The van der Waals surface area contributed by atoms with Gasteiger partial charge in [0.15, 0.2) is 15.9 Å². The lowest BCUT2D eigenvalue weighted by atomic mass is 9.90. The predicted molar refractivity (Wildman–Crippen MR) is 105 cm³/mol. The van der Waals surface area contributed by atoms with Gasteiger partial charge in [0.1, 0.15) is 4.88 Å². The van der Waals surface area contributed by atoms with E-state index in [9.17, 15) is 18.0 Å². The Hall–Kier alpha value is -1.41. The summed E-state index contributed by atoms with van der Waals surface area (Å²) >= 11 is 1.46. The smallest absolute Gasteiger partial charge is 0.349 e. The van der Waals surface area contributed by atoms with Gasteiger partial charge in [-0.25, -0.2) is 13.2 Å². The van der Waals surface area contributed by atoms with Crippen LogP contribution >= 0.6 is 11.3 Å². The van der Waals surface area contributed by atoms with Gasteiger partial charge >= 0.3 is 5.97 Å². The number of hydrogen-bond donors (Lipinski definition) is 0. The average Bonchev–Trinajstić information content (AvgIpc) is 3.18. The number of nitrogens with zero attached hydrogens (tertiary/aromatic N) is 1. The fourth-order valence-corrected chi connectivity index (χ4v) is 6.75. The second kappa shape index (κ2) is 7.91. The fourth-order valence-electron chi connectivity index (χ4n) is 3.92. The number of carbonyl (C=O) groups excluding carboxylic acids is 2. The molecule has 1 aliphatic carbocycles. The first-order valence-corrected chi connectivity index (χ1v) is 12.2. The van der Waals surface area contributed by atoms with Crippen LogP contribution in [-0.4, -0.2) is 55.4 Å². The van der Waals surface area contributed by atoms with Crippen molar-refractivity contribution in [1.29, 1.82) is 0 Å². The number of sulfone groups is 1. The van der Waals surface area contributed by atoms with Crippen molar-refractivity contribution in [3.8, 4) is 0 Å². The van der Waals surface area contributed by atoms with Gasteiger partial charge in [-0.2, -0.15) is 0 Å². The summed E-state index contributed by atoms with van der Waals surface area (Å²) in [5, 5.41) is 0. The second-order valence-corrected chi connectivity index (χ2v) is 11.0. The van der Waals surface area contributed by atoms with Crippen LogP contribution in [0.25, 0.3) is 0 Å². The van der Waals surface area contributed by atoms with Gasteiger partial charge in [-0.3, -0.25) is 4.79 Å². The lowest BCUT2D eigenvalue weighted by Crippen LogP contribution is -2.46. The van der Waals surface area contributed by atoms with Crippen LogP contribution in [-0.2, 0) is 32.2 Å². The van der Waals surface area contributed by atoms with E-state index >= 15 is 0 Å². The number of aryl methyl sites for hydroxylation is 1. The summed E-state index contributed by atoms with van der Waals surface area (Å²) < 4.78 is 28.9. The molecule has 1 aliphatic heterocycles. The van der Waals surface area contributed by atoms with Gasteiger partial charge in [0.25, 0.3) is 5.91 Å². The van der Waals surface area contributed by atoms with Crippen LogP contribution in [0.2, 0.25) is 0 Å². The topological polar surface area (TPSA) is 80.8 Å². The number of fused-ring (bicyclic) bond motifs is 1. The van der Waals surface area contributed by atoms with Crippen LogP contribution in [0.1, 0.15) is 53.7 Å². The van der Waals surface area contributed by atoms with E-state index in [1.807, 2.05) is 13.0 Å². The van der Waals surface area contributed by atoms with Gasteiger partial charge in [0, 0.05) is 17.5 Å². The van der Waals surface area contributed by atoms with E-state index < -0.39 is 21.9 Å². The van der Waals surface area contributed by atoms with E-state index in [1.165, 1.54) is 26.7 Å². The Bertz CT molecular complexity index is 829. The van der Waals surface area contributed by atoms with Crippen molar-refractivity contribution >= 4 is 33.1 Å². The van der Waals surface area contributed by atoms with Crippen LogP contribution in [0.15, 0.2) is 6.07 Å². The van der Waals surface area contributed by atoms with Crippen molar-refractivity contribution in [2.24, 2.45) is 5.92 Å². The largest absolute Gasteiger partial charge is 0.448 e. The van der Waals surface area contributed by atoms with Gasteiger partial charge in [0.05, 0.1) is 11.5 Å². The normalized spacial score (nSPS) is 24.9. The lowest BCUT2D eigenvalue weighted by Gasteiger charge is -2.29. The molecule has 27 heavy (non-hydrogen) atoms. The maximum atomic E-state index is 12.7. The van der Waals surface area contributed by atoms with Gasteiger partial charge in [-0.05, 0) is 57.1 Å². The summed E-state index contributed by atoms with van der Waals surface area (Å²) in [6.45, 7) is 5.97. The summed E-state index contributed by atoms with van der Waals surface area (Å²) in [6.07, 6.45) is 2.61. The van der Waals surface area contributed by atoms with Gasteiger partial charge in [-0.1, -0.05) is 6.92 Å². The van der Waals surface area contributed by atoms with Crippen molar-refractivity contribution < 1.29 is 22.7 Å².